The first-order valence-corrected chi connectivity index (χ1v) is 7.81. The van der Waals surface area contributed by atoms with Gasteiger partial charge in [-0.1, -0.05) is 37.6 Å². The molecule has 1 aromatic rings. The highest BCUT2D eigenvalue weighted by molar-refractivity contribution is 5.26. The van der Waals surface area contributed by atoms with E-state index in [-0.39, 0.29) is 6.04 Å². The van der Waals surface area contributed by atoms with Crippen molar-refractivity contribution < 1.29 is 0 Å². The normalized spacial score (nSPS) is 19.5. The first kappa shape index (κ1) is 14.5. The Balaban J connectivity index is 2.08. The van der Waals surface area contributed by atoms with Gasteiger partial charge in [-0.3, -0.25) is 4.90 Å². The Kier molecular flexibility index (Phi) is 5.41. The van der Waals surface area contributed by atoms with Gasteiger partial charge in [0.05, 0.1) is 0 Å². The number of nitrogens with two attached hydrogens (primary N) is 1. The fraction of sp³-hybridized carbons (Fsp3) is 0.647. The van der Waals surface area contributed by atoms with Gasteiger partial charge in [-0.05, 0) is 56.8 Å². The van der Waals surface area contributed by atoms with Crippen LogP contribution < -0.4 is 5.73 Å². The minimum absolute atomic E-state index is 0.194. The molecule has 0 saturated carbocycles. The van der Waals surface area contributed by atoms with Crippen LogP contribution in [-0.2, 0) is 6.42 Å². The summed E-state index contributed by atoms with van der Waals surface area (Å²) in [6.45, 7) is 6.77. The highest BCUT2D eigenvalue weighted by Crippen LogP contribution is 2.27. The van der Waals surface area contributed by atoms with Crippen LogP contribution in [0.5, 0.6) is 0 Å². The van der Waals surface area contributed by atoms with Crippen LogP contribution in [0.15, 0.2) is 24.3 Å². The Hall–Kier alpha value is -0.860. The van der Waals surface area contributed by atoms with Crippen LogP contribution in [0.1, 0.15) is 56.7 Å². The van der Waals surface area contributed by atoms with Crippen LogP contribution in [0, 0.1) is 0 Å². The van der Waals surface area contributed by atoms with E-state index in [1.165, 1.54) is 56.3 Å². The van der Waals surface area contributed by atoms with Gasteiger partial charge >= 0.3 is 0 Å². The van der Waals surface area contributed by atoms with E-state index in [9.17, 15) is 0 Å². The minimum Gasteiger partial charge on any atom is -0.326 e. The summed E-state index contributed by atoms with van der Waals surface area (Å²) in [7, 11) is 0. The second-order valence-electron chi connectivity index (χ2n) is 5.89. The molecule has 2 heteroatoms. The predicted molar refractivity (Wildman–Crippen MR) is 82.3 cm³/mol. The van der Waals surface area contributed by atoms with Gasteiger partial charge in [0, 0.05) is 12.1 Å². The lowest BCUT2D eigenvalue weighted by atomic mass is 9.97. The largest absolute Gasteiger partial charge is 0.326 e. The molecule has 0 aliphatic carbocycles. The summed E-state index contributed by atoms with van der Waals surface area (Å²) in [6, 6.07) is 9.74. The van der Waals surface area contributed by atoms with Crippen molar-refractivity contribution in [1.29, 1.82) is 0 Å². The smallest absolute Gasteiger partial charge is 0.0496 e. The molecule has 1 aromatic carbocycles. The van der Waals surface area contributed by atoms with Crippen molar-refractivity contribution in [3.8, 4) is 0 Å². The Labute approximate surface area is 118 Å². The quantitative estimate of drug-likeness (QED) is 0.848. The standard InChI is InChI=1S/C17H28N2/c1-3-4-7-15-8-10-16(11-9-15)17(14(2)18)19-12-5-6-13-19/h8-11,14,17H,3-7,12-13,18H2,1-2H3. The molecule has 2 atom stereocenters. The van der Waals surface area contributed by atoms with E-state index in [0.717, 1.165) is 0 Å². The fourth-order valence-electron chi connectivity index (χ4n) is 3.13. The van der Waals surface area contributed by atoms with Crippen molar-refractivity contribution >= 4 is 0 Å². The number of benzene rings is 1. The lowest BCUT2D eigenvalue weighted by Crippen LogP contribution is -2.37. The van der Waals surface area contributed by atoms with Crippen molar-refractivity contribution in [1.82, 2.24) is 4.90 Å². The summed E-state index contributed by atoms with van der Waals surface area (Å²) in [4.78, 5) is 2.55. The summed E-state index contributed by atoms with van der Waals surface area (Å²) in [6.07, 6.45) is 6.37. The molecule has 106 valence electrons. The number of hydrogen-bond acceptors (Lipinski definition) is 2. The minimum atomic E-state index is 0.194. The summed E-state index contributed by atoms with van der Waals surface area (Å²) < 4.78 is 0. The number of nitrogens with zero attached hydrogens (tertiary/aromatic N) is 1. The van der Waals surface area contributed by atoms with Crippen molar-refractivity contribution in [2.45, 2.75) is 58.0 Å². The van der Waals surface area contributed by atoms with Crippen molar-refractivity contribution in [3.05, 3.63) is 35.4 Å². The van der Waals surface area contributed by atoms with Gasteiger partial charge in [0.25, 0.3) is 0 Å². The van der Waals surface area contributed by atoms with Gasteiger partial charge in [-0.15, -0.1) is 0 Å². The Morgan fingerprint density at radius 2 is 1.79 bits per heavy atom. The average Bonchev–Trinajstić information content (AvgIpc) is 2.91. The average molecular weight is 260 g/mol. The summed E-state index contributed by atoms with van der Waals surface area (Å²) in [5.74, 6) is 0. The molecule has 0 bridgehead atoms. The Morgan fingerprint density at radius 1 is 1.16 bits per heavy atom. The summed E-state index contributed by atoms with van der Waals surface area (Å²) in [5.41, 5.74) is 9.07. The molecule has 1 saturated heterocycles. The molecule has 0 aromatic heterocycles. The zero-order valence-corrected chi connectivity index (χ0v) is 12.4. The number of unbranched alkanes of at least 4 members (excludes halogenated alkanes) is 1. The fourth-order valence-corrected chi connectivity index (χ4v) is 3.13. The first-order valence-electron chi connectivity index (χ1n) is 7.81. The lowest BCUT2D eigenvalue weighted by Gasteiger charge is -2.31. The second kappa shape index (κ2) is 7.06. The SMILES string of the molecule is CCCCc1ccc(C(C(C)N)N2CCCC2)cc1. The number of hydrogen-bond donors (Lipinski definition) is 1. The molecule has 1 fully saturated rings. The summed E-state index contributed by atoms with van der Waals surface area (Å²) in [5, 5.41) is 0. The van der Waals surface area contributed by atoms with E-state index in [0.29, 0.717) is 6.04 Å². The Bertz CT molecular complexity index is 363. The molecule has 1 aliphatic rings. The van der Waals surface area contributed by atoms with Gasteiger partial charge < -0.3 is 5.73 Å². The monoisotopic (exact) mass is 260 g/mol. The molecular weight excluding hydrogens is 232 g/mol. The molecule has 2 rings (SSSR count). The molecule has 2 nitrogen and oxygen atoms in total. The first-order chi connectivity index (χ1) is 9.22. The van der Waals surface area contributed by atoms with Crippen LogP contribution in [-0.4, -0.2) is 24.0 Å². The number of rotatable bonds is 6. The van der Waals surface area contributed by atoms with Crippen LogP contribution >= 0.6 is 0 Å². The highest BCUT2D eigenvalue weighted by atomic mass is 15.2. The molecule has 0 radical (unpaired) electrons. The summed E-state index contributed by atoms with van der Waals surface area (Å²) >= 11 is 0. The van der Waals surface area contributed by atoms with Crippen LogP contribution in [0.2, 0.25) is 0 Å². The third kappa shape index (κ3) is 3.80. The molecule has 2 unspecified atom stereocenters. The molecule has 2 N–H and O–H groups in total. The lowest BCUT2D eigenvalue weighted by molar-refractivity contribution is 0.219. The van der Waals surface area contributed by atoms with E-state index in [1.807, 2.05) is 0 Å². The number of aryl methyl sites for hydroxylation is 1. The van der Waals surface area contributed by atoms with Gasteiger partial charge in [0.2, 0.25) is 0 Å². The van der Waals surface area contributed by atoms with E-state index < -0.39 is 0 Å². The van der Waals surface area contributed by atoms with Crippen LogP contribution in [0.25, 0.3) is 0 Å². The van der Waals surface area contributed by atoms with Crippen LogP contribution in [0.3, 0.4) is 0 Å². The maximum Gasteiger partial charge on any atom is 0.0496 e. The van der Waals surface area contributed by atoms with Crippen molar-refractivity contribution in [2.24, 2.45) is 5.73 Å². The predicted octanol–water partition coefficient (Wildman–Crippen LogP) is 3.51. The third-order valence-corrected chi connectivity index (χ3v) is 4.17. The zero-order chi connectivity index (χ0) is 13.7. The van der Waals surface area contributed by atoms with Gasteiger partial charge in [-0.2, -0.15) is 0 Å². The molecule has 0 amide bonds. The van der Waals surface area contributed by atoms with E-state index >= 15 is 0 Å². The van der Waals surface area contributed by atoms with Crippen molar-refractivity contribution in [3.63, 3.8) is 0 Å². The molecular formula is C17H28N2. The maximum absolute atomic E-state index is 6.23. The second-order valence-corrected chi connectivity index (χ2v) is 5.89. The van der Waals surface area contributed by atoms with Gasteiger partial charge in [-0.25, -0.2) is 0 Å². The zero-order valence-electron chi connectivity index (χ0n) is 12.4. The highest BCUT2D eigenvalue weighted by Gasteiger charge is 2.26. The number of likely N-dealkylation sites (tertiary alicyclic amines) is 1. The van der Waals surface area contributed by atoms with E-state index in [4.69, 9.17) is 5.73 Å². The third-order valence-electron chi connectivity index (χ3n) is 4.17. The van der Waals surface area contributed by atoms with Crippen molar-refractivity contribution in [2.75, 3.05) is 13.1 Å². The molecule has 19 heavy (non-hydrogen) atoms. The van der Waals surface area contributed by atoms with Crippen LogP contribution in [0.4, 0.5) is 0 Å². The maximum atomic E-state index is 6.23. The van der Waals surface area contributed by atoms with Gasteiger partial charge in [0.1, 0.15) is 0 Å². The van der Waals surface area contributed by atoms with Gasteiger partial charge in [0.15, 0.2) is 0 Å². The molecule has 0 spiro atoms. The topological polar surface area (TPSA) is 29.3 Å². The van der Waals surface area contributed by atoms with E-state index in [1.54, 1.807) is 0 Å². The molecule has 1 heterocycles. The molecule has 1 aliphatic heterocycles. The van der Waals surface area contributed by atoms with E-state index in [2.05, 4.69) is 43.0 Å². The Morgan fingerprint density at radius 3 is 2.32 bits per heavy atom.